The minimum atomic E-state index is -4.51. The van der Waals surface area contributed by atoms with E-state index in [-0.39, 0.29) is 34.7 Å². The van der Waals surface area contributed by atoms with Crippen molar-refractivity contribution in [3.63, 3.8) is 0 Å². The second kappa shape index (κ2) is 9.18. The molecular weight excluding hydrogens is 479 g/mol. The molecule has 0 aliphatic heterocycles. The van der Waals surface area contributed by atoms with Crippen LogP contribution in [0.4, 0.5) is 13.2 Å². The third-order valence-corrected chi connectivity index (χ3v) is 7.54. The molecule has 0 radical (unpaired) electrons. The molecule has 10 heteroatoms. The summed E-state index contributed by atoms with van der Waals surface area (Å²) in [4.78, 5) is 11.9. The molecule has 0 saturated carbocycles. The van der Waals surface area contributed by atoms with E-state index < -0.39 is 27.5 Å². The van der Waals surface area contributed by atoms with E-state index in [1.165, 1.54) is 41.1 Å². The fourth-order valence-electron chi connectivity index (χ4n) is 3.92. The lowest BCUT2D eigenvalue weighted by atomic mass is 10.0. The molecule has 0 aliphatic carbocycles. The summed E-state index contributed by atoms with van der Waals surface area (Å²) in [5.41, 5.74) is 6.82. The number of hydrogen-bond acceptors (Lipinski definition) is 4. The maximum absolute atomic E-state index is 13.5. The average molecular weight is 502 g/mol. The summed E-state index contributed by atoms with van der Waals surface area (Å²) in [6, 6.07) is 16.4. The van der Waals surface area contributed by atoms with Gasteiger partial charge in [-0.05, 0) is 47.5 Å². The lowest BCUT2D eigenvalue weighted by molar-refractivity contribution is -0.138. The van der Waals surface area contributed by atoms with Crippen LogP contribution in [-0.2, 0) is 29.0 Å². The van der Waals surface area contributed by atoms with Gasteiger partial charge in [-0.15, -0.1) is 0 Å². The molecule has 0 spiro atoms. The highest BCUT2D eigenvalue weighted by atomic mass is 32.2. The first-order valence-corrected chi connectivity index (χ1v) is 12.4. The van der Waals surface area contributed by atoms with Crippen molar-refractivity contribution in [1.82, 2.24) is 9.78 Å². The van der Waals surface area contributed by atoms with Crippen LogP contribution >= 0.6 is 0 Å². The zero-order valence-electron chi connectivity index (χ0n) is 18.7. The van der Waals surface area contributed by atoms with Crippen LogP contribution in [0.1, 0.15) is 39.7 Å². The first-order chi connectivity index (χ1) is 16.5. The van der Waals surface area contributed by atoms with Gasteiger partial charge in [0.1, 0.15) is 0 Å². The predicted molar refractivity (Wildman–Crippen MR) is 126 cm³/mol. The Labute approximate surface area is 200 Å². The standard InChI is InChI=1S/C25H22F3N3O3S/c1-2-35(33,34)19-10-7-16(8-11-19)13-22-20-14-17(24(29)32)9-12-23(20)31(30-22)15-18-5-3-4-6-21(18)25(26,27)28/h3-12,14H,2,13,15H2,1H3,(H2,29,32). The van der Waals surface area contributed by atoms with Crippen molar-refractivity contribution in [2.45, 2.75) is 31.0 Å². The number of aromatic nitrogens is 2. The quantitative estimate of drug-likeness (QED) is 0.401. The number of carbonyl (C=O) groups excluding carboxylic acids is 1. The number of primary amides is 1. The number of carbonyl (C=O) groups is 1. The zero-order valence-corrected chi connectivity index (χ0v) is 19.5. The third-order valence-electron chi connectivity index (χ3n) is 5.79. The van der Waals surface area contributed by atoms with Crippen LogP contribution < -0.4 is 5.73 Å². The van der Waals surface area contributed by atoms with Crippen molar-refractivity contribution in [3.05, 3.63) is 94.7 Å². The van der Waals surface area contributed by atoms with Crippen LogP contribution in [0.5, 0.6) is 0 Å². The number of rotatable bonds is 7. The molecule has 6 nitrogen and oxygen atoms in total. The molecule has 35 heavy (non-hydrogen) atoms. The summed E-state index contributed by atoms with van der Waals surface area (Å²) >= 11 is 0. The highest BCUT2D eigenvalue weighted by Gasteiger charge is 2.33. The Kier molecular flexibility index (Phi) is 6.42. The Balaban J connectivity index is 1.77. The fourth-order valence-corrected chi connectivity index (χ4v) is 4.80. The number of fused-ring (bicyclic) bond motifs is 1. The molecule has 1 amide bonds. The topological polar surface area (TPSA) is 95.1 Å². The Morgan fingerprint density at radius 3 is 2.34 bits per heavy atom. The smallest absolute Gasteiger partial charge is 0.366 e. The van der Waals surface area contributed by atoms with Gasteiger partial charge in [0.2, 0.25) is 5.91 Å². The number of nitrogens with zero attached hydrogens (tertiary/aromatic N) is 2. The van der Waals surface area contributed by atoms with Crippen molar-refractivity contribution in [1.29, 1.82) is 0 Å². The van der Waals surface area contributed by atoms with Gasteiger partial charge in [0, 0.05) is 17.4 Å². The van der Waals surface area contributed by atoms with E-state index >= 15 is 0 Å². The Morgan fingerprint density at radius 1 is 1.03 bits per heavy atom. The van der Waals surface area contributed by atoms with Crippen LogP contribution in [0.3, 0.4) is 0 Å². The van der Waals surface area contributed by atoms with Crippen molar-refractivity contribution >= 4 is 26.6 Å². The minimum absolute atomic E-state index is 0.0172. The number of nitrogens with two attached hydrogens (primary N) is 1. The maximum atomic E-state index is 13.5. The van der Waals surface area contributed by atoms with E-state index in [0.29, 0.717) is 16.6 Å². The van der Waals surface area contributed by atoms with Gasteiger partial charge >= 0.3 is 6.18 Å². The monoisotopic (exact) mass is 501 g/mol. The number of hydrogen-bond donors (Lipinski definition) is 1. The van der Waals surface area contributed by atoms with Crippen LogP contribution in [0.2, 0.25) is 0 Å². The van der Waals surface area contributed by atoms with E-state index in [0.717, 1.165) is 11.6 Å². The third kappa shape index (κ3) is 5.07. The minimum Gasteiger partial charge on any atom is -0.366 e. The second-order valence-corrected chi connectivity index (χ2v) is 10.4. The van der Waals surface area contributed by atoms with Crippen molar-refractivity contribution in [2.75, 3.05) is 5.75 Å². The van der Waals surface area contributed by atoms with Gasteiger partial charge < -0.3 is 5.73 Å². The molecule has 4 aromatic rings. The highest BCUT2D eigenvalue weighted by molar-refractivity contribution is 7.91. The van der Waals surface area contributed by atoms with Gasteiger partial charge in [-0.1, -0.05) is 37.3 Å². The van der Waals surface area contributed by atoms with Crippen molar-refractivity contribution < 1.29 is 26.4 Å². The molecule has 0 saturated heterocycles. The van der Waals surface area contributed by atoms with Crippen LogP contribution in [-0.4, -0.2) is 29.9 Å². The van der Waals surface area contributed by atoms with Gasteiger partial charge in [-0.3, -0.25) is 9.48 Å². The molecule has 182 valence electrons. The molecule has 0 unspecified atom stereocenters. The van der Waals surface area contributed by atoms with Gasteiger partial charge in [-0.25, -0.2) is 8.42 Å². The number of benzene rings is 3. The number of amides is 1. The van der Waals surface area contributed by atoms with Gasteiger partial charge in [0.25, 0.3) is 0 Å². The lowest BCUT2D eigenvalue weighted by Gasteiger charge is -2.13. The number of sulfone groups is 1. The molecule has 3 aromatic carbocycles. The summed E-state index contributed by atoms with van der Waals surface area (Å²) in [5.74, 6) is -0.654. The number of alkyl halides is 3. The van der Waals surface area contributed by atoms with Crippen molar-refractivity contribution in [3.8, 4) is 0 Å². The largest absolute Gasteiger partial charge is 0.416 e. The molecule has 0 bridgehead atoms. The summed E-state index contributed by atoms with van der Waals surface area (Å²) in [6.07, 6.45) is -4.23. The van der Waals surface area contributed by atoms with Crippen LogP contribution in [0, 0.1) is 0 Å². The predicted octanol–water partition coefficient (Wildman–Crippen LogP) is 4.59. The first-order valence-electron chi connectivity index (χ1n) is 10.8. The zero-order chi connectivity index (χ0) is 25.4. The summed E-state index contributed by atoms with van der Waals surface area (Å²) in [5, 5.41) is 5.15. The first kappa shape index (κ1) is 24.5. The van der Waals surface area contributed by atoms with E-state index in [9.17, 15) is 26.4 Å². The molecule has 0 atom stereocenters. The molecule has 0 aliphatic rings. The Hall–Kier alpha value is -3.66. The van der Waals surface area contributed by atoms with Gasteiger partial charge in [0.15, 0.2) is 9.84 Å². The van der Waals surface area contributed by atoms with Crippen molar-refractivity contribution in [2.24, 2.45) is 5.73 Å². The summed E-state index contributed by atoms with van der Waals surface area (Å²) in [7, 11) is -3.35. The molecule has 1 heterocycles. The van der Waals surface area contributed by atoms with Crippen LogP contribution in [0.25, 0.3) is 10.9 Å². The Morgan fingerprint density at radius 2 is 1.71 bits per heavy atom. The van der Waals surface area contributed by atoms with Crippen LogP contribution in [0.15, 0.2) is 71.6 Å². The number of halogens is 3. The molecule has 4 rings (SSSR count). The Bertz CT molecular complexity index is 1510. The van der Waals surface area contributed by atoms with E-state index in [4.69, 9.17) is 5.73 Å². The van der Waals surface area contributed by atoms with E-state index in [1.54, 1.807) is 31.2 Å². The summed E-state index contributed by atoms with van der Waals surface area (Å²) < 4.78 is 66.2. The lowest BCUT2D eigenvalue weighted by Crippen LogP contribution is -2.12. The maximum Gasteiger partial charge on any atom is 0.416 e. The SMILES string of the molecule is CCS(=O)(=O)c1ccc(Cc2nn(Cc3ccccc3C(F)(F)F)c3ccc(C(N)=O)cc23)cc1. The fraction of sp³-hybridized carbons (Fsp3) is 0.200. The molecule has 1 aromatic heterocycles. The summed E-state index contributed by atoms with van der Waals surface area (Å²) in [6.45, 7) is 1.44. The second-order valence-electron chi connectivity index (χ2n) is 8.08. The van der Waals surface area contributed by atoms with Gasteiger partial charge in [0.05, 0.1) is 34.0 Å². The molecular formula is C25H22F3N3O3S. The highest BCUT2D eigenvalue weighted by Crippen LogP contribution is 2.33. The normalized spacial score (nSPS) is 12.2. The van der Waals surface area contributed by atoms with E-state index in [2.05, 4.69) is 5.10 Å². The van der Waals surface area contributed by atoms with Gasteiger partial charge in [-0.2, -0.15) is 18.3 Å². The molecule has 0 fully saturated rings. The average Bonchev–Trinajstić information content (AvgIpc) is 3.15. The molecule has 2 N–H and O–H groups in total. The van der Waals surface area contributed by atoms with E-state index in [1.807, 2.05) is 0 Å².